The molecule has 0 amide bonds. The molecule has 0 spiro atoms. The van der Waals surface area contributed by atoms with Crippen molar-refractivity contribution in [1.82, 2.24) is 10.3 Å². The summed E-state index contributed by atoms with van der Waals surface area (Å²) in [4.78, 5) is 4.14. The van der Waals surface area contributed by atoms with Crippen molar-refractivity contribution in [2.24, 2.45) is 0 Å². The van der Waals surface area contributed by atoms with Gasteiger partial charge < -0.3 is 9.73 Å². The molecule has 0 aliphatic heterocycles. The van der Waals surface area contributed by atoms with Crippen LogP contribution in [0.25, 0.3) is 0 Å². The van der Waals surface area contributed by atoms with E-state index in [4.69, 9.17) is 16.0 Å². The molecule has 0 saturated heterocycles. The molecule has 4 heteroatoms. The van der Waals surface area contributed by atoms with E-state index in [0.717, 1.165) is 18.2 Å². The summed E-state index contributed by atoms with van der Waals surface area (Å²) in [6.07, 6.45) is 5.61. The molecule has 1 rings (SSSR count). The zero-order valence-electron chi connectivity index (χ0n) is 8.46. The lowest BCUT2D eigenvalue weighted by Gasteiger charge is -2.07. The average molecular weight is 215 g/mol. The van der Waals surface area contributed by atoms with Gasteiger partial charge in [-0.05, 0) is 13.8 Å². The molecule has 0 bridgehead atoms. The van der Waals surface area contributed by atoms with Crippen molar-refractivity contribution in [3.8, 4) is 0 Å². The average Bonchev–Trinajstić information content (AvgIpc) is 2.59. The second-order valence-corrected chi connectivity index (χ2v) is 3.37. The molecule has 0 radical (unpaired) electrons. The molecule has 3 nitrogen and oxygen atoms in total. The lowest BCUT2D eigenvalue weighted by Crippen LogP contribution is -2.18. The molecular weight excluding hydrogens is 200 g/mol. The molecule has 0 fully saturated rings. The predicted molar refractivity (Wildman–Crippen MR) is 57.5 cm³/mol. The van der Waals surface area contributed by atoms with E-state index in [2.05, 4.69) is 10.3 Å². The van der Waals surface area contributed by atoms with Gasteiger partial charge in [0.2, 0.25) is 5.89 Å². The normalized spacial score (nSPS) is 13.6. The zero-order valence-corrected chi connectivity index (χ0v) is 9.21. The molecule has 0 saturated carbocycles. The minimum absolute atomic E-state index is 0.128. The highest BCUT2D eigenvalue weighted by Gasteiger charge is 2.08. The molecule has 1 aromatic heterocycles. The minimum Gasteiger partial charge on any atom is -0.444 e. The molecular formula is C10H15ClN2O. The first-order chi connectivity index (χ1) is 6.74. The van der Waals surface area contributed by atoms with Crippen LogP contribution in [-0.2, 0) is 0 Å². The van der Waals surface area contributed by atoms with Gasteiger partial charge in [-0.1, -0.05) is 12.2 Å². The van der Waals surface area contributed by atoms with Crippen molar-refractivity contribution in [3.05, 3.63) is 30.0 Å². The summed E-state index contributed by atoms with van der Waals surface area (Å²) in [6.45, 7) is 4.67. The van der Waals surface area contributed by atoms with Crippen LogP contribution in [0.1, 0.15) is 24.6 Å². The van der Waals surface area contributed by atoms with Crippen molar-refractivity contribution < 1.29 is 4.42 Å². The Morgan fingerprint density at radius 3 is 3.00 bits per heavy atom. The Bertz CT molecular complexity index is 296. The van der Waals surface area contributed by atoms with Gasteiger partial charge in [-0.3, -0.25) is 0 Å². The topological polar surface area (TPSA) is 38.1 Å². The quantitative estimate of drug-likeness (QED) is 0.605. The lowest BCUT2D eigenvalue weighted by molar-refractivity contribution is 0.411. The predicted octanol–water partition coefficient (Wildman–Crippen LogP) is 2.43. The number of aromatic nitrogens is 1. The van der Waals surface area contributed by atoms with Crippen molar-refractivity contribution in [3.63, 3.8) is 0 Å². The van der Waals surface area contributed by atoms with Gasteiger partial charge in [0.25, 0.3) is 0 Å². The van der Waals surface area contributed by atoms with E-state index >= 15 is 0 Å². The highest BCUT2D eigenvalue weighted by atomic mass is 35.5. The van der Waals surface area contributed by atoms with E-state index in [1.165, 1.54) is 0 Å². The highest BCUT2D eigenvalue weighted by molar-refractivity contribution is 6.18. The Balaban J connectivity index is 2.35. The summed E-state index contributed by atoms with van der Waals surface area (Å²) in [7, 11) is 0. The van der Waals surface area contributed by atoms with E-state index in [1.807, 2.05) is 26.0 Å². The third-order valence-electron chi connectivity index (χ3n) is 1.81. The van der Waals surface area contributed by atoms with Crippen molar-refractivity contribution in [1.29, 1.82) is 0 Å². The van der Waals surface area contributed by atoms with Crippen molar-refractivity contribution >= 4 is 11.6 Å². The Labute approximate surface area is 89.2 Å². The Morgan fingerprint density at radius 2 is 2.43 bits per heavy atom. The van der Waals surface area contributed by atoms with Crippen LogP contribution in [0, 0.1) is 6.92 Å². The number of halogens is 1. The van der Waals surface area contributed by atoms with E-state index in [1.54, 1.807) is 6.20 Å². The number of nitrogens with one attached hydrogen (secondary N) is 1. The fraction of sp³-hybridized carbons (Fsp3) is 0.500. The van der Waals surface area contributed by atoms with Crippen LogP contribution < -0.4 is 5.32 Å². The summed E-state index contributed by atoms with van der Waals surface area (Å²) in [5, 5.41) is 3.25. The number of allylic oxidation sites excluding steroid dienone is 1. The molecule has 0 aliphatic carbocycles. The van der Waals surface area contributed by atoms with Crippen LogP contribution >= 0.6 is 11.6 Å². The van der Waals surface area contributed by atoms with Crippen LogP contribution in [0.15, 0.2) is 22.8 Å². The first-order valence-electron chi connectivity index (χ1n) is 4.60. The third-order valence-corrected chi connectivity index (χ3v) is 1.99. The Hall–Kier alpha value is -0.800. The first kappa shape index (κ1) is 11.3. The van der Waals surface area contributed by atoms with Crippen LogP contribution in [0.4, 0.5) is 0 Å². The molecule has 0 aromatic carbocycles. The maximum absolute atomic E-state index is 5.49. The summed E-state index contributed by atoms with van der Waals surface area (Å²) >= 11 is 5.49. The number of aryl methyl sites for hydroxylation is 1. The fourth-order valence-electron chi connectivity index (χ4n) is 1.05. The minimum atomic E-state index is 0.128. The van der Waals surface area contributed by atoms with E-state index in [0.29, 0.717) is 5.88 Å². The smallest absolute Gasteiger partial charge is 0.211 e. The SMILES string of the molecule is Cc1cnc(C(C)NC/C=C/CCl)o1. The second-order valence-electron chi connectivity index (χ2n) is 3.06. The van der Waals surface area contributed by atoms with Gasteiger partial charge in [0, 0.05) is 12.4 Å². The molecule has 0 aliphatic rings. The molecule has 1 unspecified atom stereocenters. The zero-order chi connectivity index (χ0) is 10.4. The summed E-state index contributed by atoms with van der Waals surface area (Å²) in [5.41, 5.74) is 0. The van der Waals surface area contributed by atoms with Crippen LogP contribution in [0.3, 0.4) is 0 Å². The number of alkyl halides is 1. The summed E-state index contributed by atoms with van der Waals surface area (Å²) < 4.78 is 5.38. The largest absolute Gasteiger partial charge is 0.444 e. The van der Waals surface area contributed by atoms with Gasteiger partial charge in [0.05, 0.1) is 12.2 Å². The third kappa shape index (κ3) is 3.52. The number of hydrogen-bond acceptors (Lipinski definition) is 3. The van der Waals surface area contributed by atoms with Crippen LogP contribution in [0.2, 0.25) is 0 Å². The highest BCUT2D eigenvalue weighted by Crippen LogP contribution is 2.11. The standard InChI is InChI=1S/C10H15ClN2O/c1-8-7-13-10(14-8)9(2)12-6-4-3-5-11/h3-4,7,9,12H,5-6H2,1-2H3/b4-3+. The molecule has 1 heterocycles. The van der Waals surface area contributed by atoms with Crippen LogP contribution in [0.5, 0.6) is 0 Å². The van der Waals surface area contributed by atoms with Gasteiger partial charge in [-0.15, -0.1) is 11.6 Å². The van der Waals surface area contributed by atoms with Crippen molar-refractivity contribution in [2.75, 3.05) is 12.4 Å². The molecule has 1 N–H and O–H groups in total. The Morgan fingerprint density at radius 1 is 1.64 bits per heavy atom. The first-order valence-corrected chi connectivity index (χ1v) is 5.14. The Kier molecular flexibility index (Phi) is 4.70. The van der Waals surface area contributed by atoms with Gasteiger partial charge >= 0.3 is 0 Å². The maximum Gasteiger partial charge on any atom is 0.211 e. The van der Waals surface area contributed by atoms with Crippen LogP contribution in [-0.4, -0.2) is 17.4 Å². The summed E-state index contributed by atoms with van der Waals surface area (Å²) in [6, 6.07) is 0.128. The molecule has 14 heavy (non-hydrogen) atoms. The van der Waals surface area contributed by atoms with E-state index in [9.17, 15) is 0 Å². The molecule has 1 aromatic rings. The maximum atomic E-state index is 5.49. The number of nitrogens with zero attached hydrogens (tertiary/aromatic N) is 1. The monoisotopic (exact) mass is 214 g/mol. The van der Waals surface area contributed by atoms with Gasteiger partial charge in [0.1, 0.15) is 5.76 Å². The van der Waals surface area contributed by atoms with E-state index < -0.39 is 0 Å². The molecule has 1 atom stereocenters. The number of oxazole rings is 1. The van der Waals surface area contributed by atoms with Gasteiger partial charge in [0.15, 0.2) is 0 Å². The number of hydrogen-bond donors (Lipinski definition) is 1. The molecule has 78 valence electrons. The van der Waals surface area contributed by atoms with Gasteiger partial charge in [-0.2, -0.15) is 0 Å². The van der Waals surface area contributed by atoms with Gasteiger partial charge in [-0.25, -0.2) is 4.98 Å². The number of rotatable bonds is 5. The van der Waals surface area contributed by atoms with Crippen molar-refractivity contribution in [2.45, 2.75) is 19.9 Å². The summed E-state index contributed by atoms with van der Waals surface area (Å²) in [5.74, 6) is 2.11. The second kappa shape index (κ2) is 5.83. The fourth-order valence-corrected chi connectivity index (χ4v) is 1.18. The lowest BCUT2D eigenvalue weighted by atomic mass is 10.3. The van der Waals surface area contributed by atoms with E-state index in [-0.39, 0.29) is 6.04 Å².